The molecule has 140 valence electrons. The summed E-state index contributed by atoms with van der Waals surface area (Å²) in [5, 5.41) is 17.7. The van der Waals surface area contributed by atoms with Gasteiger partial charge in [-0.25, -0.2) is 14.4 Å². The van der Waals surface area contributed by atoms with Gasteiger partial charge in [-0.1, -0.05) is 6.08 Å². The first-order chi connectivity index (χ1) is 11.5. The largest absolute Gasteiger partial charge is 0.480 e. The van der Waals surface area contributed by atoms with Gasteiger partial charge in [-0.2, -0.15) is 4.99 Å². The summed E-state index contributed by atoms with van der Waals surface area (Å²) in [5.41, 5.74) is 4.60. The van der Waals surface area contributed by atoms with Gasteiger partial charge in [-0.3, -0.25) is 4.90 Å². The van der Waals surface area contributed by atoms with Gasteiger partial charge in [0.15, 0.2) is 0 Å². The molecule has 1 aliphatic heterocycles. The van der Waals surface area contributed by atoms with Crippen LogP contribution in [0.2, 0.25) is 0 Å². The Balaban J connectivity index is 2.61. The summed E-state index contributed by atoms with van der Waals surface area (Å²) in [5.74, 6) is -1.33. The number of carbonyl (C=O) groups excluding carboxylic acids is 1. The highest BCUT2D eigenvalue weighted by molar-refractivity contribution is 5.97. The zero-order valence-electron chi connectivity index (χ0n) is 14.3. The lowest BCUT2D eigenvalue weighted by molar-refractivity contribution is -0.142. The van der Waals surface area contributed by atoms with Crippen molar-refractivity contribution in [2.75, 3.05) is 13.2 Å². The number of likely N-dealkylation sites (tertiary alicyclic amines) is 1. The molecule has 0 aromatic rings. The van der Waals surface area contributed by atoms with Crippen LogP contribution in [0.1, 0.15) is 27.2 Å². The standard InChI is InChI=1S/C15H23N3O7/c1-15(2,3)25-14(23)18-8-9(7-10(18)12(19)20)24-6-4-5-11(16)17-13(21)22/h4-5,9-10H,6-8H2,1-3H3,(H2,16,17)(H,19,20)(H,21,22)/b5-4+/t9-,10?/m0/s1. The average molecular weight is 357 g/mol. The Morgan fingerprint density at radius 1 is 1.32 bits per heavy atom. The predicted molar refractivity (Wildman–Crippen MR) is 87.5 cm³/mol. The van der Waals surface area contributed by atoms with Gasteiger partial charge in [0, 0.05) is 6.42 Å². The smallest absolute Gasteiger partial charge is 0.433 e. The van der Waals surface area contributed by atoms with Gasteiger partial charge in [0.05, 0.1) is 19.3 Å². The van der Waals surface area contributed by atoms with Crippen molar-refractivity contribution in [1.82, 2.24) is 4.90 Å². The minimum Gasteiger partial charge on any atom is -0.480 e. The van der Waals surface area contributed by atoms with Gasteiger partial charge >= 0.3 is 18.2 Å². The molecule has 1 saturated heterocycles. The van der Waals surface area contributed by atoms with Gasteiger partial charge in [0.25, 0.3) is 0 Å². The molecule has 1 heterocycles. The SMILES string of the molecule is CC(C)(C)OC(=O)N1C[C@@H](OC/C=C/C(N)=N/C(=O)O)CC1C(=O)O. The lowest BCUT2D eigenvalue weighted by atomic mass is 10.2. The lowest BCUT2D eigenvalue weighted by Crippen LogP contribution is -2.43. The number of aliphatic imine (C=N–C) groups is 1. The van der Waals surface area contributed by atoms with Gasteiger partial charge in [-0.15, -0.1) is 0 Å². The Hall–Kier alpha value is -2.62. The maximum Gasteiger partial charge on any atom is 0.433 e. The molecule has 0 aliphatic carbocycles. The minimum absolute atomic E-state index is 0.0645. The molecule has 1 unspecified atom stereocenters. The van der Waals surface area contributed by atoms with Crippen molar-refractivity contribution in [3.05, 3.63) is 12.2 Å². The molecule has 1 rings (SSSR count). The van der Waals surface area contributed by atoms with Crippen LogP contribution in [-0.4, -0.2) is 70.0 Å². The van der Waals surface area contributed by atoms with Crippen LogP contribution in [0, 0.1) is 0 Å². The number of rotatable bonds is 5. The van der Waals surface area contributed by atoms with E-state index in [1.165, 1.54) is 12.2 Å². The summed E-state index contributed by atoms with van der Waals surface area (Å²) in [6, 6.07) is -1.03. The number of nitrogens with zero attached hydrogens (tertiary/aromatic N) is 2. The average Bonchev–Trinajstić information content (AvgIpc) is 2.85. The number of amidine groups is 1. The molecular weight excluding hydrogens is 334 g/mol. The van der Waals surface area contributed by atoms with Crippen LogP contribution in [0.4, 0.5) is 9.59 Å². The van der Waals surface area contributed by atoms with Crippen LogP contribution in [0.25, 0.3) is 0 Å². The third-order valence-corrected chi connectivity index (χ3v) is 3.12. The summed E-state index contributed by atoms with van der Waals surface area (Å²) in [4.78, 5) is 38.0. The highest BCUT2D eigenvalue weighted by Gasteiger charge is 2.41. The van der Waals surface area contributed by atoms with Gasteiger partial charge in [0.1, 0.15) is 17.5 Å². The molecule has 0 aromatic carbocycles. The van der Waals surface area contributed by atoms with E-state index in [9.17, 15) is 19.5 Å². The van der Waals surface area contributed by atoms with E-state index >= 15 is 0 Å². The zero-order valence-corrected chi connectivity index (χ0v) is 14.3. The van der Waals surface area contributed by atoms with Crippen molar-refractivity contribution < 1.29 is 34.1 Å². The summed E-state index contributed by atoms with van der Waals surface area (Å²) in [6.45, 7) is 5.23. The molecule has 0 spiro atoms. The molecule has 1 fully saturated rings. The van der Waals surface area contributed by atoms with E-state index in [4.69, 9.17) is 20.3 Å². The Morgan fingerprint density at radius 2 is 1.96 bits per heavy atom. The third kappa shape index (κ3) is 7.21. The highest BCUT2D eigenvalue weighted by Crippen LogP contribution is 2.23. The molecule has 10 nitrogen and oxygen atoms in total. The summed E-state index contributed by atoms with van der Waals surface area (Å²) >= 11 is 0. The second-order valence-corrected chi connectivity index (χ2v) is 6.40. The van der Waals surface area contributed by atoms with E-state index in [-0.39, 0.29) is 25.4 Å². The molecule has 0 radical (unpaired) electrons. The van der Waals surface area contributed by atoms with Crippen molar-refractivity contribution in [2.24, 2.45) is 10.7 Å². The van der Waals surface area contributed by atoms with Crippen LogP contribution >= 0.6 is 0 Å². The van der Waals surface area contributed by atoms with Crippen LogP contribution in [0.5, 0.6) is 0 Å². The summed E-state index contributed by atoms with van der Waals surface area (Å²) in [6.07, 6.45) is 0.240. The number of amides is 2. The van der Waals surface area contributed by atoms with Crippen LogP contribution in [0.15, 0.2) is 17.1 Å². The normalized spacial score (nSPS) is 21.6. The van der Waals surface area contributed by atoms with Crippen LogP contribution < -0.4 is 5.73 Å². The fourth-order valence-corrected chi connectivity index (χ4v) is 2.18. The second kappa shape index (κ2) is 8.47. The van der Waals surface area contributed by atoms with E-state index in [0.717, 1.165) is 4.90 Å². The van der Waals surface area contributed by atoms with Crippen molar-refractivity contribution in [3.63, 3.8) is 0 Å². The quantitative estimate of drug-likeness (QED) is 0.488. The molecular formula is C15H23N3O7. The molecule has 25 heavy (non-hydrogen) atoms. The van der Waals surface area contributed by atoms with Crippen LogP contribution in [-0.2, 0) is 14.3 Å². The maximum atomic E-state index is 12.1. The summed E-state index contributed by atoms with van der Waals surface area (Å²) in [7, 11) is 0. The van der Waals surface area contributed by atoms with Gasteiger partial charge in [-0.05, 0) is 26.8 Å². The number of carboxylic acids is 1. The molecule has 4 N–H and O–H groups in total. The number of nitrogens with two attached hydrogens (primary N) is 1. The number of ether oxygens (including phenoxy) is 2. The predicted octanol–water partition coefficient (Wildman–Crippen LogP) is 1.06. The Morgan fingerprint density at radius 3 is 2.48 bits per heavy atom. The number of carboxylic acid groups (broad SMARTS) is 2. The molecule has 10 heteroatoms. The fraction of sp³-hybridized carbons (Fsp3) is 0.600. The second-order valence-electron chi connectivity index (χ2n) is 6.40. The van der Waals surface area contributed by atoms with Gasteiger partial charge in [0.2, 0.25) is 0 Å². The summed E-state index contributed by atoms with van der Waals surface area (Å²) < 4.78 is 10.7. The molecule has 0 aromatic heterocycles. The van der Waals surface area contributed by atoms with Crippen LogP contribution in [0.3, 0.4) is 0 Å². The first kappa shape index (κ1) is 20.4. The van der Waals surface area contributed by atoms with Crippen molar-refractivity contribution >= 4 is 24.0 Å². The molecule has 2 amide bonds. The van der Waals surface area contributed by atoms with E-state index in [0.29, 0.717) is 0 Å². The first-order valence-corrected chi connectivity index (χ1v) is 7.57. The highest BCUT2D eigenvalue weighted by atomic mass is 16.6. The number of hydrogen-bond acceptors (Lipinski definition) is 5. The number of hydrogen-bond donors (Lipinski definition) is 3. The minimum atomic E-state index is -1.41. The Bertz CT molecular complexity index is 580. The zero-order chi connectivity index (χ0) is 19.2. The van der Waals surface area contributed by atoms with E-state index in [1.807, 2.05) is 0 Å². The maximum absolute atomic E-state index is 12.1. The molecule has 2 atom stereocenters. The van der Waals surface area contributed by atoms with Gasteiger partial charge < -0.3 is 25.4 Å². The lowest BCUT2D eigenvalue weighted by Gasteiger charge is -2.26. The Labute approximate surface area is 144 Å². The Kier molecular flexibility index (Phi) is 6.92. The van der Waals surface area contributed by atoms with E-state index < -0.39 is 35.9 Å². The van der Waals surface area contributed by atoms with Crippen molar-refractivity contribution in [1.29, 1.82) is 0 Å². The van der Waals surface area contributed by atoms with Crippen molar-refractivity contribution in [2.45, 2.75) is 44.9 Å². The van der Waals surface area contributed by atoms with E-state index in [1.54, 1.807) is 20.8 Å². The number of carbonyl (C=O) groups is 3. The first-order valence-electron chi connectivity index (χ1n) is 7.57. The monoisotopic (exact) mass is 357 g/mol. The fourth-order valence-electron chi connectivity index (χ4n) is 2.18. The molecule has 0 bridgehead atoms. The van der Waals surface area contributed by atoms with Crippen molar-refractivity contribution in [3.8, 4) is 0 Å². The molecule has 1 aliphatic rings. The number of aliphatic carboxylic acids is 1. The third-order valence-electron chi connectivity index (χ3n) is 3.12. The topological polar surface area (TPSA) is 152 Å². The van der Waals surface area contributed by atoms with E-state index in [2.05, 4.69) is 4.99 Å². The molecule has 0 saturated carbocycles.